The molecule has 5 nitrogen and oxygen atoms in total. The minimum atomic E-state index is -0.167. The topological polar surface area (TPSA) is 66.0 Å². The van der Waals surface area contributed by atoms with E-state index in [0.29, 0.717) is 11.7 Å². The van der Waals surface area contributed by atoms with Gasteiger partial charge in [-0.2, -0.15) is 0 Å². The molecule has 0 spiro atoms. The van der Waals surface area contributed by atoms with Crippen LogP contribution in [0.25, 0.3) is 0 Å². The van der Waals surface area contributed by atoms with Gasteiger partial charge in [0.05, 0.1) is 11.9 Å². The van der Waals surface area contributed by atoms with Crippen molar-refractivity contribution in [2.45, 2.75) is 32.7 Å². The minimum absolute atomic E-state index is 0.167. The first-order valence-corrected chi connectivity index (χ1v) is 7.47. The van der Waals surface area contributed by atoms with E-state index in [-0.39, 0.29) is 6.03 Å². The Kier molecular flexibility index (Phi) is 3.96. The zero-order valence-electron chi connectivity index (χ0n) is 12.8. The lowest BCUT2D eigenvalue weighted by molar-refractivity contribution is 0.251. The number of rotatable bonds is 4. The zero-order chi connectivity index (χ0) is 15.5. The molecule has 0 unspecified atom stereocenters. The van der Waals surface area contributed by atoms with E-state index in [2.05, 4.69) is 53.0 Å². The molecular formula is C17H20N4O. The van der Waals surface area contributed by atoms with E-state index < -0.39 is 0 Å². The van der Waals surface area contributed by atoms with Crippen LogP contribution in [0.2, 0.25) is 0 Å². The van der Waals surface area contributed by atoms with Crippen LogP contribution in [0.3, 0.4) is 0 Å². The van der Waals surface area contributed by atoms with Crippen molar-refractivity contribution in [2.24, 2.45) is 0 Å². The normalized spacial score (nSPS) is 13.5. The van der Waals surface area contributed by atoms with Crippen LogP contribution in [0.5, 0.6) is 0 Å². The maximum Gasteiger partial charge on any atom is 0.319 e. The molecule has 0 saturated heterocycles. The van der Waals surface area contributed by atoms with Crippen molar-refractivity contribution in [3.05, 3.63) is 47.7 Å². The standard InChI is InChI=1S/C17H20N4O/c1-11-7-12(2)9-15(8-11)19-16-6-5-14(10-18-16)21-17(22)20-13-3-4-13/h5-10,13H,3-4H2,1-2H3,(H,18,19)(H2,20,21,22). The van der Waals surface area contributed by atoms with Gasteiger partial charge in [0.1, 0.15) is 5.82 Å². The van der Waals surface area contributed by atoms with Gasteiger partial charge in [0.15, 0.2) is 0 Å². The number of hydrogen-bond acceptors (Lipinski definition) is 3. The molecule has 5 heteroatoms. The number of carbonyl (C=O) groups excluding carboxylic acids is 1. The fraction of sp³-hybridized carbons (Fsp3) is 0.294. The predicted octanol–water partition coefficient (Wildman–Crippen LogP) is 3.73. The number of benzene rings is 1. The van der Waals surface area contributed by atoms with Gasteiger partial charge in [-0.05, 0) is 62.1 Å². The van der Waals surface area contributed by atoms with Crippen LogP contribution in [0.15, 0.2) is 36.5 Å². The number of nitrogens with zero attached hydrogens (tertiary/aromatic N) is 1. The second-order valence-electron chi connectivity index (χ2n) is 5.81. The molecule has 1 aliphatic carbocycles. The molecule has 1 aromatic heterocycles. The second kappa shape index (κ2) is 6.05. The molecule has 1 heterocycles. The molecule has 0 radical (unpaired) electrons. The number of urea groups is 1. The van der Waals surface area contributed by atoms with Gasteiger partial charge in [-0.25, -0.2) is 9.78 Å². The molecule has 0 bridgehead atoms. The highest BCUT2D eigenvalue weighted by Gasteiger charge is 2.23. The minimum Gasteiger partial charge on any atom is -0.340 e. The molecule has 3 N–H and O–H groups in total. The molecule has 1 fully saturated rings. The summed E-state index contributed by atoms with van der Waals surface area (Å²) in [5.41, 5.74) is 4.11. The lowest BCUT2D eigenvalue weighted by Gasteiger charge is -2.09. The molecule has 1 aromatic carbocycles. The third-order valence-electron chi connectivity index (χ3n) is 3.43. The summed E-state index contributed by atoms with van der Waals surface area (Å²) in [5, 5.41) is 8.93. The summed E-state index contributed by atoms with van der Waals surface area (Å²) in [4.78, 5) is 16.0. The molecule has 0 aliphatic heterocycles. The SMILES string of the molecule is Cc1cc(C)cc(Nc2ccc(NC(=O)NC3CC3)cn2)c1. The van der Waals surface area contributed by atoms with E-state index in [9.17, 15) is 4.79 Å². The maximum absolute atomic E-state index is 11.6. The Morgan fingerprint density at radius 1 is 1.09 bits per heavy atom. The molecule has 3 rings (SSSR count). The number of pyridine rings is 1. The van der Waals surface area contributed by atoms with Crippen LogP contribution in [0, 0.1) is 13.8 Å². The van der Waals surface area contributed by atoms with Crippen LogP contribution >= 0.6 is 0 Å². The Morgan fingerprint density at radius 2 is 1.82 bits per heavy atom. The number of amides is 2. The van der Waals surface area contributed by atoms with Crippen molar-refractivity contribution >= 4 is 23.2 Å². The van der Waals surface area contributed by atoms with Gasteiger partial charge in [-0.1, -0.05) is 6.07 Å². The molecule has 0 atom stereocenters. The van der Waals surface area contributed by atoms with Crippen molar-refractivity contribution in [1.82, 2.24) is 10.3 Å². The Balaban J connectivity index is 1.61. The molecular weight excluding hydrogens is 276 g/mol. The quantitative estimate of drug-likeness (QED) is 0.805. The van der Waals surface area contributed by atoms with Gasteiger partial charge in [0, 0.05) is 11.7 Å². The molecule has 2 amide bonds. The van der Waals surface area contributed by atoms with Gasteiger partial charge >= 0.3 is 6.03 Å². The van der Waals surface area contributed by atoms with E-state index >= 15 is 0 Å². The van der Waals surface area contributed by atoms with Crippen LogP contribution < -0.4 is 16.0 Å². The van der Waals surface area contributed by atoms with Gasteiger partial charge < -0.3 is 16.0 Å². The van der Waals surface area contributed by atoms with Crippen molar-refractivity contribution < 1.29 is 4.79 Å². The van der Waals surface area contributed by atoms with E-state index in [1.165, 1.54) is 11.1 Å². The average molecular weight is 296 g/mol. The van der Waals surface area contributed by atoms with Crippen molar-refractivity contribution in [3.8, 4) is 0 Å². The number of carbonyl (C=O) groups is 1. The Hall–Kier alpha value is -2.56. The van der Waals surface area contributed by atoms with Gasteiger partial charge in [0.25, 0.3) is 0 Å². The van der Waals surface area contributed by atoms with E-state index in [4.69, 9.17) is 0 Å². The van der Waals surface area contributed by atoms with Gasteiger partial charge in [0.2, 0.25) is 0 Å². The van der Waals surface area contributed by atoms with E-state index in [1.807, 2.05) is 12.1 Å². The fourth-order valence-electron chi connectivity index (χ4n) is 2.32. The average Bonchev–Trinajstić information content (AvgIpc) is 3.23. The van der Waals surface area contributed by atoms with Crippen molar-refractivity contribution in [1.29, 1.82) is 0 Å². The van der Waals surface area contributed by atoms with Crippen LogP contribution in [0.1, 0.15) is 24.0 Å². The third kappa shape index (κ3) is 3.97. The molecule has 1 aliphatic rings. The highest BCUT2D eigenvalue weighted by molar-refractivity contribution is 5.89. The first-order chi connectivity index (χ1) is 10.6. The van der Waals surface area contributed by atoms with Crippen LogP contribution in [-0.2, 0) is 0 Å². The number of anilines is 3. The highest BCUT2D eigenvalue weighted by atomic mass is 16.2. The Morgan fingerprint density at radius 3 is 2.41 bits per heavy atom. The third-order valence-corrected chi connectivity index (χ3v) is 3.43. The summed E-state index contributed by atoms with van der Waals surface area (Å²) in [6, 6.07) is 10.1. The first-order valence-electron chi connectivity index (χ1n) is 7.47. The molecule has 1 saturated carbocycles. The monoisotopic (exact) mass is 296 g/mol. The molecule has 2 aromatic rings. The summed E-state index contributed by atoms with van der Waals surface area (Å²) < 4.78 is 0. The number of aromatic nitrogens is 1. The first kappa shape index (κ1) is 14.4. The largest absolute Gasteiger partial charge is 0.340 e. The fourth-order valence-corrected chi connectivity index (χ4v) is 2.32. The summed E-state index contributed by atoms with van der Waals surface area (Å²) in [6.07, 6.45) is 3.80. The van der Waals surface area contributed by atoms with Crippen molar-refractivity contribution in [2.75, 3.05) is 10.6 Å². The summed E-state index contributed by atoms with van der Waals surface area (Å²) in [6.45, 7) is 4.13. The number of hydrogen-bond donors (Lipinski definition) is 3. The van der Waals surface area contributed by atoms with Gasteiger partial charge in [-0.15, -0.1) is 0 Å². The maximum atomic E-state index is 11.6. The number of aryl methyl sites for hydroxylation is 2. The molecule has 114 valence electrons. The van der Waals surface area contributed by atoms with E-state index in [0.717, 1.165) is 24.3 Å². The smallest absolute Gasteiger partial charge is 0.319 e. The van der Waals surface area contributed by atoms with Crippen LogP contribution in [-0.4, -0.2) is 17.1 Å². The molecule has 22 heavy (non-hydrogen) atoms. The van der Waals surface area contributed by atoms with Crippen molar-refractivity contribution in [3.63, 3.8) is 0 Å². The Labute approximate surface area is 130 Å². The summed E-state index contributed by atoms with van der Waals surface area (Å²) in [7, 11) is 0. The summed E-state index contributed by atoms with van der Waals surface area (Å²) >= 11 is 0. The predicted molar refractivity (Wildman–Crippen MR) is 88.6 cm³/mol. The number of nitrogens with one attached hydrogen (secondary N) is 3. The van der Waals surface area contributed by atoms with E-state index in [1.54, 1.807) is 6.20 Å². The lowest BCUT2D eigenvalue weighted by atomic mass is 10.1. The second-order valence-corrected chi connectivity index (χ2v) is 5.81. The highest BCUT2D eigenvalue weighted by Crippen LogP contribution is 2.20. The lowest BCUT2D eigenvalue weighted by Crippen LogP contribution is -2.30. The zero-order valence-corrected chi connectivity index (χ0v) is 12.8. The Bertz CT molecular complexity index is 657. The summed E-state index contributed by atoms with van der Waals surface area (Å²) in [5.74, 6) is 0.748. The van der Waals surface area contributed by atoms with Crippen LogP contribution in [0.4, 0.5) is 22.0 Å². The van der Waals surface area contributed by atoms with Gasteiger partial charge in [-0.3, -0.25) is 0 Å².